The Balaban J connectivity index is 2.20. The molecule has 218 valence electrons. The summed E-state index contributed by atoms with van der Waals surface area (Å²) in [5.41, 5.74) is 14.9. The second kappa shape index (κ2) is 12.2. The van der Waals surface area contributed by atoms with E-state index in [0.717, 1.165) is 0 Å². The van der Waals surface area contributed by atoms with Gasteiger partial charge in [0.15, 0.2) is 0 Å². The van der Waals surface area contributed by atoms with Crippen molar-refractivity contribution in [2.75, 3.05) is 0 Å². The minimum atomic E-state index is -3.84. The van der Waals surface area contributed by atoms with E-state index >= 15 is 0 Å². The van der Waals surface area contributed by atoms with Gasteiger partial charge in [0.05, 0.1) is 0 Å². The van der Waals surface area contributed by atoms with Gasteiger partial charge < -0.3 is 0 Å². The third kappa shape index (κ3) is 6.05. The molecule has 0 nitrogen and oxygen atoms in total. The zero-order valence-electron chi connectivity index (χ0n) is 27.4. The van der Waals surface area contributed by atoms with Crippen LogP contribution in [0.15, 0.2) is 48.5 Å². The fourth-order valence-electron chi connectivity index (χ4n) is 7.57. The van der Waals surface area contributed by atoms with Gasteiger partial charge in [-0.3, -0.25) is 0 Å². The second-order valence-corrected chi connectivity index (χ2v) is 29.3. The van der Waals surface area contributed by atoms with Gasteiger partial charge in [0.25, 0.3) is 0 Å². The van der Waals surface area contributed by atoms with Crippen LogP contribution < -0.4 is 17.6 Å². The van der Waals surface area contributed by atoms with Crippen molar-refractivity contribution in [2.45, 2.75) is 83.1 Å². The summed E-state index contributed by atoms with van der Waals surface area (Å²) in [6.07, 6.45) is 0. The molecular weight excluding hydrogens is 673 g/mol. The van der Waals surface area contributed by atoms with Crippen molar-refractivity contribution in [1.82, 2.24) is 0 Å². The molecule has 0 radical (unpaired) electrons. The van der Waals surface area contributed by atoms with Gasteiger partial charge in [-0.05, 0) is 0 Å². The number of hydrogen-bond donors (Lipinski definition) is 0. The maximum atomic E-state index is 8.19. The van der Waals surface area contributed by atoms with E-state index in [1.165, 1.54) is 84.3 Å². The zero-order chi connectivity index (χ0) is 31.3. The average molecular weight is 717 g/mol. The van der Waals surface area contributed by atoms with E-state index in [1.807, 2.05) is 0 Å². The molecule has 4 rings (SSSR count). The SMILES string of the molecule is Cc1cc(C)[c]([Ge]([Cl])([C]#[C][Ge]([Cl])([c]2c(C)cc(C)cc2C)[c]2c(C)cc(C)cc2C)[c]2c(C)cc(C)cc2C)c(C)c1. The van der Waals surface area contributed by atoms with Crippen LogP contribution in [0.2, 0.25) is 0 Å². The molecule has 0 N–H and O–H groups in total. The maximum absolute atomic E-state index is 8.19. The normalized spacial score (nSPS) is 11.9. The molecule has 0 fully saturated rings. The van der Waals surface area contributed by atoms with E-state index in [2.05, 4.69) is 141 Å². The molecule has 0 unspecified atom stereocenters. The zero-order valence-corrected chi connectivity index (χ0v) is 33.1. The van der Waals surface area contributed by atoms with Gasteiger partial charge in [-0.25, -0.2) is 0 Å². The molecule has 0 saturated carbocycles. The summed E-state index contributed by atoms with van der Waals surface area (Å²) in [4.78, 5) is 0. The number of aryl methyl sites for hydroxylation is 12. The Hall–Kier alpha value is -1.89. The van der Waals surface area contributed by atoms with E-state index in [0.29, 0.717) is 0 Å². The summed E-state index contributed by atoms with van der Waals surface area (Å²) >= 11 is -7.68. The first-order valence-corrected chi connectivity index (χ1v) is 26.6. The minimum absolute atomic E-state index is 1.23. The van der Waals surface area contributed by atoms with Crippen LogP contribution >= 0.6 is 20.0 Å². The van der Waals surface area contributed by atoms with E-state index in [4.69, 9.17) is 20.0 Å². The topological polar surface area (TPSA) is 0 Å². The van der Waals surface area contributed by atoms with Crippen LogP contribution in [0.5, 0.6) is 0 Å². The van der Waals surface area contributed by atoms with Gasteiger partial charge >= 0.3 is 270 Å². The molecule has 0 spiro atoms. The van der Waals surface area contributed by atoms with Crippen LogP contribution in [0.4, 0.5) is 0 Å². The summed E-state index contributed by atoms with van der Waals surface area (Å²) in [6, 6.07) is 18.1. The van der Waals surface area contributed by atoms with Crippen molar-refractivity contribution in [2.24, 2.45) is 0 Å². The fourth-order valence-corrected chi connectivity index (χ4v) is 33.2. The predicted molar refractivity (Wildman–Crippen MR) is 192 cm³/mol. The number of halogens is 2. The van der Waals surface area contributed by atoms with Gasteiger partial charge in [0.1, 0.15) is 0 Å². The molecule has 0 aromatic heterocycles. The molecule has 0 amide bonds. The number of benzene rings is 4. The summed E-state index contributed by atoms with van der Waals surface area (Å²) in [5, 5.41) is 0. The molecule has 4 aromatic carbocycles. The Labute approximate surface area is 268 Å². The first-order valence-electron chi connectivity index (χ1n) is 14.7. The molecule has 0 atom stereocenters. The van der Waals surface area contributed by atoms with Gasteiger partial charge in [0, 0.05) is 0 Å². The molecule has 0 heterocycles. The van der Waals surface area contributed by atoms with Gasteiger partial charge in [-0.2, -0.15) is 0 Å². The predicted octanol–water partition coefficient (Wildman–Crippen LogP) is 7.77. The van der Waals surface area contributed by atoms with Crippen LogP contribution in [0, 0.1) is 92.6 Å². The summed E-state index contributed by atoms with van der Waals surface area (Å²) in [5.74, 6) is 0. The van der Waals surface area contributed by atoms with E-state index < -0.39 is 24.7 Å². The van der Waals surface area contributed by atoms with Crippen LogP contribution in [0.25, 0.3) is 0 Å². The standard InChI is InChI=1S/C38H44Cl2Ge2/c1-23-15-27(5)35(28(6)16-23)41(39,36-29(7)17-24(2)18-30(36)8)13-14-42(40,37-31(9)19-25(3)20-32(37)10)38-33(11)21-26(4)22-34(38)12/h15-22H,1-12H3. The molecule has 0 aliphatic heterocycles. The van der Waals surface area contributed by atoms with Gasteiger partial charge in [0.2, 0.25) is 0 Å². The van der Waals surface area contributed by atoms with Crippen LogP contribution in [0.3, 0.4) is 0 Å². The van der Waals surface area contributed by atoms with Crippen LogP contribution in [0.1, 0.15) is 66.8 Å². The summed E-state index contributed by atoms with van der Waals surface area (Å²) in [6.45, 7) is 26.3. The van der Waals surface area contributed by atoms with Crippen molar-refractivity contribution < 1.29 is 0 Å². The Bertz CT molecular complexity index is 1450. The third-order valence-electron chi connectivity index (χ3n) is 8.49. The van der Waals surface area contributed by atoms with Crippen molar-refractivity contribution in [3.8, 4) is 9.51 Å². The monoisotopic (exact) mass is 718 g/mol. The van der Waals surface area contributed by atoms with E-state index in [1.54, 1.807) is 0 Å². The third-order valence-corrected chi connectivity index (χ3v) is 28.9. The number of rotatable bonds is 4. The first kappa shape index (κ1) is 33.0. The summed E-state index contributed by atoms with van der Waals surface area (Å²) < 4.78 is 12.9. The van der Waals surface area contributed by atoms with Gasteiger partial charge in [-0.15, -0.1) is 0 Å². The first-order chi connectivity index (χ1) is 19.5. The summed E-state index contributed by atoms with van der Waals surface area (Å²) in [7, 11) is 16.4. The number of hydrogen-bond acceptors (Lipinski definition) is 0. The molecule has 0 aliphatic rings. The van der Waals surface area contributed by atoms with Crippen molar-refractivity contribution in [1.29, 1.82) is 0 Å². The Morgan fingerprint density at radius 2 is 0.476 bits per heavy atom. The average Bonchev–Trinajstić information content (AvgIpc) is 2.80. The molecule has 0 bridgehead atoms. The molecule has 42 heavy (non-hydrogen) atoms. The van der Waals surface area contributed by atoms with Gasteiger partial charge in [-0.1, -0.05) is 0 Å². The Kier molecular flexibility index (Phi) is 9.62. The van der Waals surface area contributed by atoms with Crippen molar-refractivity contribution in [3.63, 3.8) is 0 Å². The van der Waals surface area contributed by atoms with Crippen LogP contribution in [-0.2, 0) is 0 Å². The molecule has 0 saturated heterocycles. The molecule has 0 aliphatic carbocycles. The molecule has 4 aromatic rings. The molecular formula is C38H44Cl2Ge2. The van der Waals surface area contributed by atoms with Crippen LogP contribution in [-0.4, -0.2) is 24.7 Å². The quantitative estimate of drug-likeness (QED) is 0.150. The van der Waals surface area contributed by atoms with E-state index in [9.17, 15) is 0 Å². The Morgan fingerprint density at radius 1 is 0.333 bits per heavy atom. The van der Waals surface area contributed by atoms with Crippen molar-refractivity contribution >= 4 is 62.3 Å². The Morgan fingerprint density at radius 3 is 0.619 bits per heavy atom. The fraction of sp³-hybridized carbons (Fsp3) is 0.316. The second-order valence-electron chi connectivity index (χ2n) is 12.7. The van der Waals surface area contributed by atoms with E-state index in [-0.39, 0.29) is 0 Å². The molecule has 4 heteroatoms. The van der Waals surface area contributed by atoms with Crippen molar-refractivity contribution in [3.05, 3.63) is 115 Å².